The molecular formula is C32H42F2N10O12P2S2. The van der Waals surface area contributed by atoms with Gasteiger partial charge in [0.25, 0.3) is 0 Å². The van der Waals surface area contributed by atoms with Crippen LogP contribution in [-0.2, 0) is 55.8 Å². The van der Waals surface area contributed by atoms with Crippen LogP contribution in [0.4, 0.5) is 20.4 Å². The number of carbonyl (C=O) groups is 2. The van der Waals surface area contributed by atoms with Gasteiger partial charge in [-0.25, -0.2) is 47.8 Å². The summed E-state index contributed by atoms with van der Waals surface area (Å²) in [5.41, 5.74) is 10.4. The van der Waals surface area contributed by atoms with Crippen LogP contribution in [0.1, 0.15) is 54.0 Å². The van der Waals surface area contributed by atoms with Gasteiger partial charge in [0.05, 0.1) is 36.7 Å². The van der Waals surface area contributed by atoms with Crippen molar-refractivity contribution in [2.45, 2.75) is 90.8 Å². The van der Waals surface area contributed by atoms with Crippen LogP contribution in [0, 0.1) is 10.8 Å². The Morgan fingerprint density at radius 2 is 1.10 bits per heavy atom. The van der Waals surface area contributed by atoms with E-state index in [4.69, 9.17) is 48.5 Å². The number of fused-ring (bicyclic) bond motifs is 4. The average Bonchev–Trinajstić information content (AvgIpc) is 3.94. The van der Waals surface area contributed by atoms with Gasteiger partial charge in [0.2, 0.25) is 0 Å². The first-order valence-corrected chi connectivity index (χ1v) is 24.4. The van der Waals surface area contributed by atoms with Gasteiger partial charge in [0.15, 0.2) is 47.7 Å². The summed E-state index contributed by atoms with van der Waals surface area (Å²) in [7, 11) is 0. The van der Waals surface area contributed by atoms with E-state index in [2.05, 4.69) is 29.9 Å². The molecule has 7 rings (SSSR count). The summed E-state index contributed by atoms with van der Waals surface area (Å²) in [5, 5.41) is 0. The molecule has 0 unspecified atom stereocenters. The highest BCUT2D eigenvalue weighted by Crippen LogP contribution is 2.66. The summed E-state index contributed by atoms with van der Waals surface area (Å²) < 4.78 is 112. The van der Waals surface area contributed by atoms with Crippen molar-refractivity contribution in [3.05, 3.63) is 25.3 Å². The van der Waals surface area contributed by atoms with Gasteiger partial charge < -0.3 is 30.4 Å². The maximum absolute atomic E-state index is 16.9. The number of imidazole rings is 2. The predicted octanol–water partition coefficient (Wildman–Crippen LogP) is 4.90. The minimum absolute atomic E-state index is 0.000547. The highest BCUT2D eigenvalue weighted by atomic mass is 32.7. The maximum atomic E-state index is 16.9. The lowest BCUT2D eigenvalue weighted by Crippen LogP contribution is -2.37. The highest BCUT2D eigenvalue weighted by molar-refractivity contribution is 8.55. The smallest absolute Gasteiger partial charge is 0.392 e. The molecule has 22 nitrogen and oxygen atoms in total. The van der Waals surface area contributed by atoms with Gasteiger partial charge in [0.1, 0.15) is 60.0 Å². The first kappa shape index (κ1) is 44.5. The fourth-order valence-electron chi connectivity index (χ4n) is 6.01. The zero-order valence-corrected chi connectivity index (χ0v) is 36.3. The van der Waals surface area contributed by atoms with E-state index in [0.717, 1.165) is 12.7 Å². The second-order valence-electron chi connectivity index (χ2n) is 15.7. The number of nitrogens with zero attached hydrogens (tertiary/aromatic N) is 8. The molecule has 0 aliphatic carbocycles. The number of carbonyl (C=O) groups excluding carboxylic acids is 2. The second kappa shape index (κ2) is 16.9. The topological polar surface area (TPSA) is 281 Å². The molecule has 3 saturated heterocycles. The third kappa shape index (κ3) is 9.13. The number of esters is 2. The summed E-state index contributed by atoms with van der Waals surface area (Å²) in [6.07, 6.45) is -9.50. The van der Waals surface area contributed by atoms with E-state index >= 15 is 8.78 Å². The zero-order valence-electron chi connectivity index (χ0n) is 32.9. The average molecular weight is 923 g/mol. The van der Waals surface area contributed by atoms with Gasteiger partial charge >= 0.3 is 25.5 Å². The molecule has 0 radical (unpaired) electrons. The Hall–Kier alpha value is -3.58. The van der Waals surface area contributed by atoms with Crippen molar-refractivity contribution in [3.63, 3.8) is 0 Å². The van der Waals surface area contributed by atoms with E-state index < -0.39 is 111 Å². The molecule has 328 valence electrons. The first-order chi connectivity index (χ1) is 28.2. The summed E-state index contributed by atoms with van der Waals surface area (Å²) in [6, 6.07) is 0. The van der Waals surface area contributed by atoms with Crippen LogP contribution >= 0.6 is 36.4 Å². The van der Waals surface area contributed by atoms with Crippen molar-refractivity contribution >= 4 is 82.3 Å². The van der Waals surface area contributed by atoms with Crippen LogP contribution in [0.25, 0.3) is 22.3 Å². The first-order valence-electron chi connectivity index (χ1n) is 18.1. The molecule has 3 aliphatic rings. The fourth-order valence-corrected chi connectivity index (χ4v) is 11.6. The third-order valence-electron chi connectivity index (χ3n) is 9.18. The van der Waals surface area contributed by atoms with Crippen molar-refractivity contribution in [2.24, 2.45) is 10.8 Å². The Kier molecular flexibility index (Phi) is 12.6. The quantitative estimate of drug-likeness (QED) is 0.135. The Morgan fingerprint density at radius 1 is 0.717 bits per heavy atom. The van der Waals surface area contributed by atoms with E-state index in [-0.39, 0.29) is 34.0 Å². The molecular weight excluding hydrogens is 880 g/mol. The molecule has 0 aromatic carbocycles. The standard InChI is InChI=1S/C32H42F2N10O12P2S2/c1-31(2,3)29(45)49-13-59-57(47)51-7-15-22(18(34)28(53-15)44-12-42-20-24(36)38-10-40-26(20)44)56-58(48,60-14-50-30(46)32(4,5)6)52-8-16-21(55-57)17(33)27(54-16)43-11-41-19-23(35)37-9-39-25(19)43/h9-12,15-18,21-22,27-28H,7-8,13-14H2,1-6H3,(H2,35,37,39)(H2,36,38,40)/t15-,16-,17-,18-,21-,22-,27-,28-,57-,58+/m1/s1. The molecule has 0 bridgehead atoms. The Labute approximate surface area is 348 Å². The molecule has 3 fully saturated rings. The minimum Gasteiger partial charge on any atom is -0.454 e. The van der Waals surface area contributed by atoms with Crippen LogP contribution in [0.2, 0.25) is 0 Å². The van der Waals surface area contributed by atoms with E-state index in [1.807, 2.05) is 0 Å². The molecule has 3 aliphatic heterocycles. The molecule has 0 amide bonds. The van der Waals surface area contributed by atoms with Gasteiger partial charge in [-0.3, -0.25) is 36.8 Å². The fraction of sp³-hybridized carbons (Fsp3) is 0.625. The molecule has 0 spiro atoms. The Bertz CT molecular complexity index is 2190. The molecule has 4 aromatic rings. The van der Waals surface area contributed by atoms with Gasteiger partial charge in [-0.1, -0.05) is 0 Å². The van der Waals surface area contributed by atoms with E-state index in [9.17, 15) is 18.7 Å². The maximum Gasteiger partial charge on any atom is 0.392 e. The number of nitrogen functional groups attached to an aromatic ring is 2. The SMILES string of the molecule is CC(C)(C)C(=O)OCS[P@@]1(=O)OC[C@H]2O[C@@H](n3cnc4c(N)ncnc43)[C@H](F)[C@@H]2O[P@](=O)(SCOC(=O)C(C)(C)C)OC[C@H]2O[C@@H](n3cnc4c(N)ncnc43)[C@H](F)[C@@H]2O1. The zero-order chi connectivity index (χ0) is 43.4. The lowest BCUT2D eigenvalue weighted by molar-refractivity contribution is -0.151. The van der Waals surface area contributed by atoms with Gasteiger partial charge in [-0.05, 0) is 41.5 Å². The molecule has 4 N–H and O–H groups in total. The summed E-state index contributed by atoms with van der Waals surface area (Å²) in [4.78, 5) is 49.7. The molecule has 28 heteroatoms. The summed E-state index contributed by atoms with van der Waals surface area (Å²) in [5.74, 6) is -2.47. The lowest BCUT2D eigenvalue weighted by atomic mass is 9.98. The van der Waals surface area contributed by atoms with Crippen LogP contribution in [0.15, 0.2) is 25.3 Å². The van der Waals surface area contributed by atoms with Crippen molar-refractivity contribution < 1.29 is 64.5 Å². The third-order valence-corrected chi connectivity index (χ3v) is 15.9. The lowest BCUT2D eigenvalue weighted by Gasteiger charge is -2.30. The summed E-state index contributed by atoms with van der Waals surface area (Å²) >= 11 is 0.813. The van der Waals surface area contributed by atoms with E-state index in [0.29, 0.717) is 22.8 Å². The van der Waals surface area contributed by atoms with Crippen molar-refractivity contribution in [1.29, 1.82) is 0 Å². The second-order valence-corrected chi connectivity index (χ2v) is 23.6. The number of nitrogens with two attached hydrogens (primary N) is 2. The van der Waals surface area contributed by atoms with Crippen molar-refractivity contribution in [3.8, 4) is 0 Å². The van der Waals surface area contributed by atoms with Crippen LogP contribution in [0.3, 0.4) is 0 Å². The largest absolute Gasteiger partial charge is 0.454 e. The molecule has 4 aromatic heterocycles. The minimum atomic E-state index is -4.66. The van der Waals surface area contributed by atoms with E-state index in [1.165, 1.54) is 21.8 Å². The van der Waals surface area contributed by atoms with Crippen molar-refractivity contribution in [2.75, 3.05) is 36.6 Å². The molecule has 7 heterocycles. The predicted molar refractivity (Wildman–Crippen MR) is 210 cm³/mol. The number of ether oxygens (including phenoxy) is 4. The Balaban J connectivity index is 1.24. The van der Waals surface area contributed by atoms with Gasteiger partial charge in [0, 0.05) is 22.8 Å². The van der Waals surface area contributed by atoms with Crippen LogP contribution in [-0.4, -0.2) is 113 Å². The molecule has 60 heavy (non-hydrogen) atoms. The normalized spacial score (nSPS) is 31.6. The number of anilines is 2. The van der Waals surface area contributed by atoms with E-state index in [1.54, 1.807) is 41.5 Å². The van der Waals surface area contributed by atoms with Crippen LogP contribution in [0.5, 0.6) is 0 Å². The highest BCUT2D eigenvalue weighted by Gasteiger charge is 2.56. The van der Waals surface area contributed by atoms with Gasteiger partial charge in [-0.15, -0.1) is 0 Å². The number of hydrogen-bond acceptors (Lipinski definition) is 22. The number of aromatic nitrogens is 8. The Morgan fingerprint density at radius 3 is 1.47 bits per heavy atom. The monoisotopic (exact) mass is 922 g/mol. The molecule has 0 saturated carbocycles. The number of rotatable bonds is 8. The summed E-state index contributed by atoms with van der Waals surface area (Å²) in [6.45, 7) is -1.26. The molecule has 10 atom stereocenters. The number of alkyl halides is 2. The van der Waals surface area contributed by atoms with Crippen molar-refractivity contribution in [1.82, 2.24) is 39.0 Å². The van der Waals surface area contributed by atoms with Crippen LogP contribution < -0.4 is 11.5 Å². The number of hydrogen-bond donors (Lipinski definition) is 2. The van der Waals surface area contributed by atoms with Gasteiger partial charge in [-0.2, -0.15) is 0 Å². The number of halogens is 2.